The van der Waals surface area contributed by atoms with Gasteiger partial charge in [0.2, 0.25) is 5.91 Å². The molecule has 0 atom stereocenters. The van der Waals surface area contributed by atoms with Crippen molar-refractivity contribution in [3.05, 3.63) is 57.8 Å². The maximum absolute atomic E-state index is 12.5. The quantitative estimate of drug-likeness (QED) is 0.564. The average Bonchev–Trinajstić information content (AvgIpc) is 2.98. The Morgan fingerprint density at radius 3 is 2.46 bits per heavy atom. The molecular formula is C19H20N5O4-. The van der Waals surface area contributed by atoms with Gasteiger partial charge in [-0.05, 0) is 32.4 Å². The lowest BCUT2D eigenvalue weighted by atomic mass is 10.1. The summed E-state index contributed by atoms with van der Waals surface area (Å²) in [4.78, 5) is 36.0. The molecule has 0 radical (unpaired) electrons. The second kappa shape index (κ2) is 8.03. The smallest absolute Gasteiger partial charge is 0.275 e. The fourth-order valence-electron chi connectivity index (χ4n) is 3.04. The molecule has 3 rings (SSSR count). The van der Waals surface area contributed by atoms with E-state index in [4.69, 9.17) is 0 Å². The van der Waals surface area contributed by atoms with Crippen LogP contribution in [0.3, 0.4) is 0 Å². The van der Waals surface area contributed by atoms with Crippen LogP contribution in [-0.2, 0) is 17.9 Å². The van der Waals surface area contributed by atoms with Crippen LogP contribution in [0.5, 0.6) is 0 Å². The van der Waals surface area contributed by atoms with Gasteiger partial charge >= 0.3 is 0 Å². The number of carboxylic acid groups (broad SMARTS) is 1. The molecule has 146 valence electrons. The van der Waals surface area contributed by atoms with E-state index in [0.29, 0.717) is 19.5 Å². The SMILES string of the molecule is Cc1cc(C)n(CCCNC(=O)Cn2nc(C(=O)[O-])c3ccccc3c2=O)n1. The Labute approximate surface area is 160 Å². The number of hydrogen-bond acceptors (Lipinski definition) is 6. The monoisotopic (exact) mass is 382 g/mol. The summed E-state index contributed by atoms with van der Waals surface area (Å²) in [6, 6.07) is 8.18. The van der Waals surface area contributed by atoms with Gasteiger partial charge in [-0.15, -0.1) is 0 Å². The predicted molar refractivity (Wildman–Crippen MR) is 99.7 cm³/mol. The fourth-order valence-corrected chi connectivity index (χ4v) is 3.04. The van der Waals surface area contributed by atoms with Crippen LogP contribution >= 0.6 is 0 Å². The third-order valence-electron chi connectivity index (χ3n) is 4.33. The predicted octanol–water partition coefficient (Wildman–Crippen LogP) is -0.220. The van der Waals surface area contributed by atoms with Crippen molar-refractivity contribution in [2.24, 2.45) is 0 Å². The molecule has 0 aliphatic carbocycles. The van der Waals surface area contributed by atoms with Crippen molar-refractivity contribution in [3.8, 4) is 0 Å². The summed E-state index contributed by atoms with van der Waals surface area (Å²) < 4.78 is 2.72. The van der Waals surface area contributed by atoms with E-state index >= 15 is 0 Å². The first-order valence-electron chi connectivity index (χ1n) is 8.86. The van der Waals surface area contributed by atoms with E-state index in [1.165, 1.54) is 12.1 Å². The molecule has 0 saturated carbocycles. The van der Waals surface area contributed by atoms with Gasteiger partial charge in [0.1, 0.15) is 12.2 Å². The first-order chi connectivity index (χ1) is 13.4. The zero-order valence-electron chi connectivity index (χ0n) is 15.6. The average molecular weight is 382 g/mol. The number of nitrogens with zero attached hydrogens (tertiary/aromatic N) is 4. The molecule has 0 unspecified atom stereocenters. The molecule has 1 N–H and O–H groups in total. The highest BCUT2D eigenvalue weighted by Gasteiger charge is 2.13. The van der Waals surface area contributed by atoms with E-state index in [0.717, 1.165) is 16.1 Å². The Bertz CT molecular complexity index is 1100. The summed E-state index contributed by atoms with van der Waals surface area (Å²) in [6.07, 6.45) is 0.665. The first-order valence-corrected chi connectivity index (χ1v) is 8.86. The van der Waals surface area contributed by atoms with E-state index in [-0.39, 0.29) is 23.0 Å². The van der Waals surface area contributed by atoms with Gasteiger partial charge in [-0.1, -0.05) is 18.2 Å². The molecule has 0 bridgehead atoms. The van der Waals surface area contributed by atoms with Crippen molar-refractivity contribution >= 4 is 22.6 Å². The molecule has 9 nitrogen and oxygen atoms in total. The first kappa shape index (κ1) is 19.3. The topological polar surface area (TPSA) is 122 Å². The van der Waals surface area contributed by atoms with Gasteiger partial charge in [0.25, 0.3) is 5.56 Å². The second-order valence-corrected chi connectivity index (χ2v) is 6.50. The lowest BCUT2D eigenvalue weighted by Crippen LogP contribution is -2.36. The number of carbonyl (C=O) groups is 2. The molecular weight excluding hydrogens is 362 g/mol. The number of carbonyl (C=O) groups excluding carboxylic acids is 2. The Balaban J connectivity index is 1.66. The minimum absolute atomic E-state index is 0.175. The molecule has 3 aromatic rings. The highest BCUT2D eigenvalue weighted by molar-refractivity contribution is 6.00. The van der Waals surface area contributed by atoms with Gasteiger partial charge in [0, 0.05) is 24.2 Å². The van der Waals surface area contributed by atoms with Crippen molar-refractivity contribution in [3.63, 3.8) is 0 Å². The number of benzene rings is 1. The molecule has 0 aliphatic rings. The Morgan fingerprint density at radius 2 is 1.82 bits per heavy atom. The molecule has 2 aromatic heterocycles. The normalized spacial score (nSPS) is 10.9. The number of amides is 1. The fraction of sp³-hybridized carbons (Fsp3) is 0.316. The molecule has 2 heterocycles. The summed E-state index contributed by atoms with van der Waals surface area (Å²) in [7, 11) is 0. The summed E-state index contributed by atoms with van der Waals surface area (Å²) >= 11 is 0. The molecule has 0 saturated heterocycles. The summed E-state index contributed by atoms with van der Waals surface area (Å²) in [5.41, 5.74) is 1.09. The largest absolute Gasteiger partial charge is 0.543 e. The van der Waals surface area contributed by atoms with Crippen LogP contribution in [0.2, 0.25) is 0 Å². The van der Waals surface area contributed by atoms with Crippen LogP contribution in [0.1, 0.15) is 28.3 Å². The third-order valence-corrected chi connectivity index (χ3v) is 4.33. The zero-order chi connectivity index (χ0) is 20.3. The second-order valence-electron chi connectivity index (χ2n) is 6.50. The van der Waals surface area contributed by atoms with E-state index in [1.54, 1.807) is 12.1 Å². The van der Waals surface area contributed by atoms with Gasteiger partial charge in [-0.25, -0.2) is 4.68 Å². The van der Waals surface area contributed by atoms with Gasteiger partial charge in [-0.2, -0.15) is 10.2 Å². The number of fused-ring (bicyclic) bond motifs is 1. The Kier molecular flexibility index (Phi) is 5.53. The lowest BCUT2D eigenvalue weighted by Gasteiger charge is -2.12. The standard InChI is InChI=1S/C19H21N5O4/c1-12-10-13(2)23(21-12)9-5-8-20-16(25)11-24-18(26)15-7-4-3-6-14(15)17(22-24)19(27)28/h3-4,6-7,10H,5,8-9,11H2,1-2H3,(H,20,25)(H,27,28)/p-1. The minimum atomic E-state index is -1.50. The molecule has 28 heavy (non-hydrogen) atoms. The van der Waals surface area contributed by atoms with Crippen LogP contribution in [0, 0.1) is 13.8 Å². The van der Waals surface area contributed by atoms with Crippen LogP contribution in [-0.4, -0.2) is 38.0 Å². The number of nitrogens with one attached hydrogen (secondary N) is 1. The summed E-state index contributed by atoms with van der Waals surface area (Å²) in [5.74, 6) is -1.93. The highest BCUT2D eigenvalue weighted by Crippen LogP contribution is 2.12. The number of carboxylic acids is 1. The molecule has 9 heteroatoms. The van der Waals surface area contributed by atoms with Gasteiger partial charge in [0.05, 0.1) is 17.0 Å². The number of hydrogen-bond donors (Lipinski definition) is 1. The van der Waals surface area contributed by atoms with Crippen molar-refractivity contribution in [2.45, 2.75) is 33.4 Å². The molecule has 0 spiro atoms. The number of rotatable bonds is 7. The summed E-state index contributed by atoms with van der Waals surface area (Å²) in [5, 5.41) is 22.6. The maximum atomic E-state index is 12.5. The molecule has 0 aliphatic heterocycles. The molecule has 1 aromatic carbocycles. The number of aromatic nitrogens is 4. The van der Waals surface area contributed by atoms with Crippen LogP contribution in [0.15, 0.2) is 35.1 Å². The molecule has 1 amide bonds. The van der Waals surface area contributed by atoms with Gasteiger partial charge in [0.15, 0.2) is 0 Å². The van der Waals surface area contributed by atoms with Gasteiger partial charge in [-0.3, -0.25) is 14.3 Å². The van der Waals surface area contributed by atoms with E-state index < -0.39 is 17.4 Å². The third kappa shape index (κ3) is 4.08. The maximum Gasteiger partial charge on any atom is 0.275 e. The van der Waals surface area contributed by atoms with Crippen LogP contribution in [0.25, 0.3) is 10.8 Å². The van der Waals surface area contributed by atoms with Crippen LogP contribution < -0.4 is 16.0 Å². The van der Waals surface area contributed by atoms with E-state index in [2.05, 4.69) is 15.5 Å². The van der Waals surface area contributed by atoms with Crippen molar-refractivity contribution in [1.82, 2.24) is 24.9 Å². The van der Waals surface area contributed by atoms with Crippen molar-refractivity contribution in [2.75, 3.05) is 6.54 Å². The number of aromatic carboxylic acids is 1. The number of aryl methyl sites for hydroxylation is 3. The van der Waals surface area contributed by atoms with E-state index in [9.17, 15) is 19.5 Å². The van der Waals surface area contributed by atoms with Crippen molar-refractivity contribution in [1.29, 1.82) is 0 Å². The van der Waals surface area contributed by atoms with E-state index in [1.807, 2.05) is 24.6 Å². The Morgan fingerprint density at radius 1 is 1.11 bits per heavy atom. The highest BCUT2D eigenvalue weighted by atomic mass is 16.4. The lowest BCUT2D eigenvalue weighted by molar-refractivity contribution is -0.255. The van der Waals surface area contributed by atoms with Crippen LogP contribution in [0.4, 0.5) is 0 Å². The Hall–Kier alpha value is -3.49. The minimum Gasteiger partial charge on any atom is -0.543 e. The zero-order valence-corrected chi connectivity index (χ0v) is 15.6. The summed E-state index contributed by atoms with van der Waals surface area (Å²) in [6.45, 7) is 4.56. The molecule has 0 fully saturated rings. The van der Waals surface area contributed by atoms with Crippen molar-refractivity contribution < 1.29 is 14.7 Å². The van der Waals surface area contributed by atoms with Gasteiger partial charge < -0.3 is 15.2 Å².